The Hall–Kier alpha value is -3.56. The first kappa shape index (κ1) is 30.4. The molecule has 1 fully saturated rings. The van der Waals surface area contributed by atoms with Crippen LogP contribution in [0.3, 0.4) is 0 Å². The van der Waals surface area contributed by atoms with E-state index in [1.54, 1.807) is 60.7 Å². The fourth-order valence-corrected chi connectivity index (χ4v) is 4.42. The van der Waals surface area contributed by atoms with Gasteiger partial charge in [-0.05, 0) is 85.3 Å². The molecule has 0 radical (unpaired) electrons. The molecule has 1 aliphatic heterocycles. The van der Waals surface area contributed by atoms with Crippen LogP contribution in [0.2, 0.25) is 0 Å². The van der Waals surface area contributed by atoms with Crippen molar-refractivity contribution in [3.05, 3.63) is 78.4 Å². The molecule has 0 aromatic heterocycles. The van der Waals surface area contributed by atoms with E-state index in [2.05, 4.69) is 17.0 Å². The molecule has 1 N–H and O–H groups in total. The zero-order valence-electron chi connectivity index (χ0n) is 23.2. The maximum atomic E-state index is 12.7. The van der Waals surface area contributed by atoms with Gasteiger partial charge in [-0.25, -0.2) is 0 Å². The van der Waals surface area contributed by atoms with Crippen molar-refractivity contribution in [2.45, 2.75) is 45.4 Å². The van der Waals surface area contributed by atoms with Crippen LogP contribution in [0.15, 0.2) is 72.8 Å². The van der Waals surface area contributed by atoms with Crippen LogP contribution in [0.25, 0.3) is 11.1 Å². The fourth-order valence-electron chi connectivity index (χ4n) is 4.42. The second kappa shape index (κ2) is 14.4. The molecule has 1 amide bonds. The first-order chi connectivity index (χ1) is 19.8. The lowest BCUT2D eigenvalue weighted by Crippen LogP contribution is -2.45. The lowest BCUT2D eigenvalue weighted by Gasteiger charge is -2.40. The van der Waals surface area contributed by atoms with Gasteiger partial charge in [-0.3, -0.25) is 4.79 Å². The number of anilines is 1. The Morgan fingerprint density at radius 3 is 1.98 bits per heavy atom. The van der Waals surface area contributed by atoms with Crippen LogP contribution in [0, 0.1) is 5.41 Å². The van der Waals surface area contributed by atoms with E-state index >= 15 is 0 Å². The number of ether oxygens (including phenoxy) is 4. The summed E-state index contributed by atoms with van der Waals surface area (Å²) in [5, 5.41) is 2.85. The molecule has 0 unspecified atom stereocenters. The standard InChI is InChI=1S/C32H36F3NO5/c1-2-31(22-39-23-31)21-38-19-5-3-4-6-20-40-28-15-11-26(12-16-28)30(37)36-27-13-7-24(8-14-27)25-9-17-29(18-10-25)41-32(33,34)35/h7-18H,2-6,19-23H2,1H3,(H,36,37). The summed E-state index contributed by atoms with van der Waals surface area (Å²) in [6.45, 7) is 6.01. The van der Waals surface area contributed by atoms with E-state index in [1.807, 2.05) is 0 Å². The Morgan fingerprint density at radius 2 is 1.41 bits per heavy atom. The summed E-state index contributed by atoms with van der Waals surface area (Å²) in [5.41, 5.74) is 2.86. The van der Waals surface area contributed by atoms with Crippen molar-refractivity contribution >= 4 is 11.6 Å². The van der Waals surface area contributed by atoms with Crippen molar-refractivity contribution in [3.63, 3.8) is 0 Å². The number of carbonyl (C=O) groups is 1. The predicted octanol–water partition coefficient (Wildman–Crippen LogP) is 7.89. The lowest BCUT2D eigenvalue weighted by molar-refractivity contribution is -0.274. The number of hydrogen-bond donors (Lipinski definition) is 1. The Bertz CT molecular complexity index is 1220. The summed E-state index contributed by atoms with van der Waals surface area (Å²) in [7, 11) is 0. The normalized spacial score (nSPS) is 14.2. The summed E-state index contributed by atoms with van der Waals surface area (Å²) in [5.74, 6) is 0.182. The smallest absolute Gasteiger partial charge is 0.494 e. The molecule has 3 aromatic rings. The van der Waals surface area contributed by atoms with E-state index < -0.39 is 6.36 Å². The van der Waals surface area contributed by atoms with Crippen molar-refractivity contribution in [2.75, 3.05) is 38.4 Å². The Kier molecular flexibility index (Phi) is 10.7. The van der Waals surface area contributed by atoms with Crippen LogP contribution < -0.4 is 14.8 Å². The van der Waals surface area contributed by atoms with E-state index in [9.17, 15) is 18.0 Å². The largest absolute Gasteiger partial charge is 0.573 e. The molecule has 0 spiro atoms. The molecule has 0 saturated carbocycles. The minimum atomic E-state index is -4.73. The summed E-state index contributed by atoms with van der Waals surface area (Å²) in [4.78, 5) is 12.7. The van der Waals surface area contributed by atoms with Gasteiger partial charge in [0, 0.05) is 23.3 Å². The molecule has 1 aliphatic rings. The van der Waals surface area contributed by atoms with Crippen LogP contribution >= 0.6 is 0 Å². The van der Waals surface area contributed by atoms with E-state index in [1.165, 1.54) is 12.1 Å². The van der Waals surface area contributed by atoms with Crippen molar-refractivity contribution < 1.29 is 36.9 Å². The lowest BCUT2D eigenvalue weighted by atomic mass is 9.84. The van der Waals surface area contributed by atoms with E-state index in [-0.39, 0.29) is 17.1 Å². The first-order valence-electron chi connectivity index (χ1n) is 13.9. The summed E-state index contributed by atoms with van der Waals surface area (Å²) < 4.78 is 57.9. The van der Waals surface area contributed by atoms with Gasteiger partial charge in [-0.2, -0.15) is 0 Å². The van der Waals surface area contributed by atoms with Gasteiger partial charge in [0.05, 0.1) is 26.4 Å². The number of nitrogens with one attached hydrogen (secondary N) is 1. The highest BCUT2D eigenvalue weighted by molar-refractivity contribution is 6.04. The van der Waals surface area contributed by atoms with Crippen molar-refractivity contribution in [1.82, 2.24) is 0 Å². The number of amides is 1. The summed E-state index contributed by atoms with van der Waals surface area (Å²) >= 11 is 0. The Balaban J connectivity index is 1.12. The quantitative estimate of drug-likeness (QED) is 0.188. The number of rotatable bonds is 15. The van der Waals surface area contributed by atoms with Crippen LogP contribution in [-0.2, 0) is 9.47 Å². The number of benzene rings is 3. The number of halogens is 3. The van der Waals surface area contributed by atoms with Crippen LogP contribution in [0.5, 0.6) is 11.5 Å². The minimum absolute atomic E-state index is 0.245. The predicted molar refractivity (Wildman–Crippen MR) is 151 cm³/mol. The van der Waals surface area contributed by atoms with Gasteiger partial charge in [0.2, 0.25) is 0 Å². The molecule has 4 rings (SSSR count). The fraction of sp³-hybridized carbons (Fsp3) is 0.406. The second-order valence-corrected chi connectivity index (χ2v) is 10.3. The maximum Gasteiger partial charge on any atom is 0.573 e. The molecule has 6 nitrogen and oxygen atoms in total. The molecule has 9 heteroatoms. The highest BCUT2D eigenvalue weighted by Crippen LogP contribution is 2.31. The molecule has 0 bridgehead atoms. The molecule has 1 saturated heterocycles. The van der Waals surface area contributed by atoms with Crippen LogP contribution in [0.4, 0.5) is 18.9 Å². The van der Waals surface area contributed by atoms with Gasteiger partial charge in [-0.1, -0.05) is 37.6 Å². The molecule has 41 heavy (non-hydrogen) atoms. The number of carbonyl (C=O) groups excluding carboxylic acids is 1. The van der Waals surface area contributed by atoms with Crippen molar-refractivity contribution in [2.24, 2.45) is 5.41 Å². The topological polar surface area (TPSA) is 66.0 Å². The molecule has 0 aliphatic carbocycles. The van der Waals surface area contributed by atoms with E-state index in [0.717, 1.165) is 69.7 Å². The number of alkyl halides is 3. The average molecular weight is 572 g/mol. The summed E-state index contributed by atoms with van der Waals surface area (Å²) in [6.07, 6.45) is 0.538. The van der Waals surface area contributed by atoms with Crippen LogP contribution in [-0.4, -0.2) is 45.3 Å². The van der Waals surface area contributed by atoms with Gasteiger partial charge in [0.1, 0.15) is 11.5 Å². The van der Waals surface area contributed by atoms with Gasteiger partial charge < -0.3 is 24.3 Å². The molecule has 0 atom stereocenters. The molecule has 3 aromatic carbocycles. The average Bonchev–Trinajstić information content (AvgIpc) is 2.94. The Morgan fingerprint density at radius 1 is 0.829 bits per heavy atom. The highest BCUT2D eigenvalue weighted by atomic mass is 19.4. The van der Waals surface area contributed by atoms with Gasteiger partial charge in [0.25, 0.3) is 5.91 Å². The van der Waals surface area contributed by atoms with Gasteiger partial charge in [-0.15, -0.1) is 13.2 Å². The third kappa shape index (κ3) is 9.50. The second-order valence-electron chi connectivity index (χ2n) is 10.3. The number of unbranched alkanes of at least 4 members (excludes halogenated alkanes) is 3. The zero-order chi connectivity index (χ0) is 29.1. The van der Waals surface area contributed by atoms with Gasteiger partial charge >= 0.3 is 6.36 Å². The third-order valence-electron chi connectivity index (χ3n) is 7.11. The first-order valence-corrected chi connectivity index (χ1v) is 13.9. The van der Waals surface area contributed by atoms with Crippen molar-refractivity contribution in [1.29, 1.82) is 0 Å². The van der Waals surface area contributed by atoms with E-state index in [0.29, 0.717) is 23.6 Å². The third-order valence-corrected chi connectivity index (χ3v) is 7.11. The molecular weight excluding hydrogens is 535 g/mol. The molecule has 1 heterocycles. The van der Waals surface area contributed by atoms with Crippen molar-refractivity contribution in [3.8, 4) is 22.6 Å². The summed E-state index contributed by atoms with van der Waals surface area (Å²) in [6, 6.07) is 19.7. The molecule has 220 valence electrons. The minimum Gasteiger partial charge on any atom is -0.494 e. The monoisotopic (exact) mass is 571 g/mol. The highest BCUT2D eigenvalue weighted by Gasteiger charge is 2.36. The zero-order valence-corrected chi connectivity index (χ0v) is 23.2. The number of hydrogen-bond acceptors (Lipinski definition) is 5. The van der Waals surface area contributed by atoms with Gasteiger partial charge in [0.15, 0.2) is 0 Å². The van der Waals surface area contributed by atoms with E-state index in [4.69, 9.17) is 14.2 Å². The SMILES string of the molecule is CCC1(COCCCCCCOc2ccc(C(=O)Nc3ccc(-c4ccc(OC(F)(F)F)cc4)cc3)cc2)COC1. The molecular formula is C32H36F3NO5. The maximum absolute atomic E-state index is 12.7. The van der Waals surface area contributed by atoms with Crippen LogP contribution in [0.1, 0.15) is 49.4 Å². The Labute approximate surface area is 238 Å².